The molecule has 1 N–H and O–H groups in total. The second-order valence-electron chi connectivity index (χ2n) is 4.25. The predicted molar refractivity (Wildman–Crippen MR) is 80.4 cm³/mol. The van der Waals surface area contributed by atoms with E-state index in [4.69, 9.17) is 4.74 Å². The van der Waals surface area contributed by atoms with Gasteiger partial charge in [-0.1, -0.05) is 28.1 Å². The molecule has 0 aliphatic heterocycles. The van der Waals surface area contributed by atoms with E-state index in [9.17, 15) is 0 Å². The summed E-state index contributed by atoms with van der Waals surface area (Å²) in [5, 5.41) is 3.33. The van der Waals surface area contributed by atoms with E-state index < -0.39 is 0 Å². The Morgan fingerprint density at radius 2 is 2.16 bits per heavy atom. The van der Waals surface area contributed by atoms with Gasteiger partial charge in [-0.25, -0.2) is 0 Å². The number of rotatable bonds is 5. The third kappa shape index (κ3) is 3.55. The lowest BCUT2D eigenvalue weighted by atomic mass is 10.0. The predicted octanol–water partition coefficient (Wildman–Crippen LogP) is 3.36. The number of hydrogen-bond donors (Lipinski definition) is 1. The van der Waals surface area contributed by atoms with Crippen molar-refractivity contribution in [2.75, 3.05) is 14.2 Å². The van der Waals surface area contributed by atoms with E-state index in [1.807, 2.05) is 43.6 Å². The normalized spacial score (nSPS) is 12.2. The second kappa shape index (κ2) is 6.68. The molecule has 2 aromatic rings. The molecule has 0 radical (unpaired) electrons. The maximum absolute atomic E-state index is 5.46. The van der Waals surface area contributed by atoms with Crippen molar-refractivity contribution in [2.45, 2.75) is 12.5 Å². The largest absolute Gasteiger partial charge is 0.496 e. The number of likely N-dealkylation sites (N-methyl/N-ethyl adjacent to an activating group) is 1. The van der Waals surface area contributed by atoms with Crippen molar-refractivity contribution in [3.05, 3.63) is 58.3 Å². The highest BCUT2D eigenvalue weighted by molar-refractivity contribution is 9.10. The maximum Gasteiger partial charge on any atom is 0.124 e. The summed E-state index contributed by atoms with van der Waals surface area (Å²) in [5.41, 5.74) is 2.20. The SMILES string of the molecule is CNC(Cc1ccccn1)c1ccc(Br)cc1OC. The molecular formula is C15H17BrN2O. The van der Waals surface area contributed by atoms with Crippen LogP contribution in [0, 0.1) is 0 Å². The van der Waals surface area contributed by atoms with Gasteiger partial charge in [0.2, 0.25) is 0 Å². The van der Waals surface area contributed by atoms with Gasteiger partial charge < -0.3 is 10.1 Å². The molecule has 1 aromatic heterocycles. The van der Waals surface area contributed by atoms with E-state index in [-0.39, 0.29) is 6.04 Å². The topological polar surface area (TPSA) is 34.2 Å². The smallest absolute Gasteiger partial charge is 0.124 e. The molecule has 0 saturated heterocycles. The molecule has 0 spiro atoms. The van der Waals surface area contributed by atoms with Crippen LogP contribution in [0.15, 0.2) is 47.1 Å². The van der Waals surface area contributed by atoms with Gasteiger partial charge in [0.1, 0.15) is 5.75 Å². The van der Waals surface area contributed by atoms with Gasteiger partial charge in [0.15, 0.2) is 0 Å². The average molecular weight is 321 g/mol. The fourth-order valence-corrected chi connectivity index (χ4v) is 2.41. The van der Waals surface area contributed by atoms with Crippen molar-refractivity contribution in [3.63, 3.8) is 0 Å². The first kappa shape index (κ1) is 14.0. The van der Waals surface area contributed by atoms with Gasteiger partial charge >= 0.3 is 0 Å². The van der Waals surface area contributed by atoms with E-state index in [1.165, 1.54) is 0 Å². The maximum atomic E-state index is 5.46. The van der Waals surface area contributed by atoms with Crippen molar-refractivity contribution in [1.82, 2.24) is 10.3 Å². The van der Waals surface area contributed by atoms with Crippen LogP contribution in [0.1, 0.15) is 17.3 Å². The average Bonchev–Trinajstić information content (AvgIpc) is 2.46. The molecule has 1 unspecified atom stereocenters. The van der Waals surface area contributed by atoms with E-state index in [0.29, 0.717) is 0 Å². The summed E-state index contributed by atoms with van der Waals surface area (Å²) in [5.74, 6) is 0.879. The van der Waals surface area contributed by atoms with Crippen LogP contribution in [0.2, 0.25) is 0 Å². The molecule has 0 saturated carbocycles. The Kier molecular flexibility index (Phi) is 4.93. The fraction of sp³-hybridized carbons (Fsp3) is 0.267. The number of pyridine rings is 1. The van der Waals surface area contributed by atoms with Crippen LogP contribution in [0.5, 0.6) is 5.75 Å². The lowest BCUT2D eigenvalue weighted by molar-refractivity contribution is 0.400. The monoisotopic (exact) mass is 320 g/mol. The number of nitrogens with one attached hydrogen (secondary N) is 1. The standard InChI is InChI=1S/C15H17BrN2O/c1-17-14(10-12-5-3-4-8-18-12)13-7-6-11(16)9-15(13)19-2/h3-9,14,17H,10H2,1-2H3. The quantitative estimate of drug-likeness (QED) is 0.917. The number of benzene rings is 1. The zero-order valence-corrected chi connectivity index (χ0v) is 12.6. The highest BCUT2D eigenvalue weighted by atomic mass is 79.9. The van der Waals surface area contributed by atoms with Crippen molar-refractivity contribution in [3.8, 4) is 5.75 Å². The Bertz CT molecular complexity index is 531. The summed E-state index contributed by atoms with van der Waals surface area (Å²) in [7, 11) is 3.65. The van der Waals surface area contributed by atoms with Crippen LogP contribution < -0.4 is 10.1 Å². The molecule has 0 fully saturated rings. The highest BCUT2D eigenvalue weighted by Crippen LogP contribution is 2.30. The summed E-state index contributed by atoms with van der Waals surface area (Å²) in [6.45, 7) is 0. The van der Waals surface area contributed by atoms with Crippen LogP contribution >= 0.6 is 15.9 Å². The molecule has 0 aliphatic carbocycles. The Balaban J connectivity index is 2.27. The summed E-state index contributed by atoms with van der Waals surface area (Å²) in [4.78, 5) is 4.37. The highest BCUT2D eigenvalue weighted by Gasteiger charge is 2.15. The first-order chi connectivity index (χ1) is 9.24. The number of aromatic nitrogens is 1. The Morgan fingerprint density at radius 1 is 1.32 bits per heavy atom. The third-order valence-electron chi connectivity index (χ3n) is 3.06. The fourth-order valence-electron chi connectivity index (χ4n) is 2.07. The van der Waals surface area contributed by atoms with Gasteiger partial charge in [0, 0.05) is 34.4 Å². The number of halogens is 1. The zero-order valence-electron chi connectivity index (χ0n) is 11.1. The minimum absolute atomic E-state index is 0.179. The van der Waals surface area contributed by atoms with E-state index in [1.54, 1.807) is 7.11 Å². The van der Waals surface area contributed by atoms with Gasteiger partial charge in [-0.3, -0.25) is 4.98 Å². The van der Waals surface area contributed by atoms with E-state index in [0.717, 1.165) is 27.9 Å². The minimum atomic E-state index is 0.179. The summed E-state index contributed by atoms with van der Waals surface area (Å²) in [6, 6.07) is 12.2. The molecule has 1 atom stereocenters. The van der Waals surface area contributed by atoms with Crippen LogP contribution in [-0.4, -0.2) is 19.1 Å². The third-order valence-corrected chi connectivity index (χ3v) is 3.55. The molecule has 100 valence electrons. The van der Waals surface area contributed by atoms with Crippen LogP contribution in [-0.2, 0) is 6.42 Å². The number of methoxy groups -OCH3 is 1. The van der Waals surface area contributed by atoms with Crippen LogP contribution in [0.3, 0.4) is 0 Å². The Morgan fingerprint density at radius 3 is 2.79 bits per heavy atom. The molecular weight excluding hydrogens is 304 g/mol. The van der Waals surface area contributed by atoms with Crippen LogP contribution in [0.25, 0.3) is 0 Å². The number of nitrogens with zero attached hydrogens (tertiary/aromatic N) is 1. The molecule has 4 heteroatoms. The van der Waals surface area contributed by atoms with Crippen molar-refractivity contribution < 1.29 is 4.74 Å². The molecule has 2 rings (SSSR count). The molecule has 0 aliphatic rings. The van der Waals surface area contributed by atoms with E-state index >= 15 is 0 Å². The molecule has 0 amide bonds. The molecule has 0 bridgehead atoms. The summed E-state index contributed by atoms with van der Waals surface area (Å²) >= 11 is 3.46. The Labute approximate surface area is 122 Å². The number of ether oxygens (including phenoxy) is 1. The van der Waals surface area contributed by atoms with Crippen LogP contribution in [0.4, 0.5) is 0 Å². The number of hydrogen-bond acceptors (Lipinski definition) is 3. The zero-order chi connectivity index (χ0) is 13.7. The molecule has 3 nitrogen and oxygen atoms in total. The second-order valence-corrected chi connectivity index (χ2v) is 5.17. The Hall–Kier alpha value is -1.39. The van der Waals surface area contributed by atoms with Crippen molar-refractivity contribution in [1.29, 1.82) is 0 Å². The van der Waals surface area contributed by atoms with Gasteiger partial charge in [-0.05, 0) is 31.3 Å². The van der Waals surface area contributed by atoms with Crippen molar-refractivity contribution in [2.24, 2.45) is 0 Å². The molecule has 1 aromatic carbocycles. The lowest BCUT2D eigenvalue weighted by Gasteiger charge is -2.19. The van der Waals surface area contributed by atoms with Gasteiger partial charge in [0.25, 0.3) is 0 Å². The van der Waals surface area contributed by atoms with Crippen molar-refractivity contribution >= 4 is 15.9 Å². The van der Waals surface area contributed by atoms with E-state index in [2.05, 4.69) is 32.3 Å². The summed E-state index contributed by atoms with van der Waals surface area (Å²) in [6.07, 6.45) is 2.65. The minimum Gasteiger partial charge on any atom is -0.496 e. The van der Waals surface area contributed by atoms with Gasteiger partial charge in [-0.2, -0.15) is 0 Å². The lowest BCUT2D eigenvalue weighted by Crippen LogP contribution is -2.20. The molecule has 19 heavy (non-hydrogen) atoms. The summed E-state index contributed by atoms with van der Waals surface area (Å²) < 4.78 is 6.47. The molecule has 1 heterocycles. The first-order valence-electron chi connectivity index (χ1n) is 6.15. The van der Waals surface area contributed by atoms with Gasteiger partial charge in [0.05, 0.1) is 7.11 Å². The van der Waals surface area contributed by atoms with Gasteiger partial charge in [-0.15, -0.1) is 0 Å². The first-order valence-corrected chi connectivity index (χ1v) is 6.94.